The van der Waals surface area contributed by atoms with E-state index in [9.17, 15) is 9.18 Å². The van der Waals surface area contributed by atoms with Gasteiger partial charge >= 0.3 is 0 Å². The summed E-state index contributed by atoms with van der Waals surface area (Å²) in [5.74, 6) is -1.35. The number of hydrogen-bond donors (Lipinski definition) is 4. The summed E-state index contributed by atoms with van der Waals surface area (Å²) in [4.78, 5) is 20.9. The molecule has 4 rings (SSSR count). The molecule has 3 aromatic heterocycles. The lowest BCUT2D eigenvalue weighted by Gasteiger charge is -2.29. The zero-order valence-electron chi connectivity index (χ0n) is 18.8. The standard InChI is InChI=1S/C22H28FN9O/c1-4-16-17(32-8-7-27-31-32)9-13(11-26-16)28-20-14(19(25)33)10-15(23)21(30-20)29-18(12(2)24)22(3)5-6-22/h7-12,18H,4-6,24H2,1-3H3,(H2,25,33)(H2,28,29,30). The molecule has 3 heterocycles. The number of pyridine rings is 2. The monoisotopic (exact) mass is 453 g/mol. The Bertz CT molecular complexity index is 1160. The van der Waals surface area contributed by atoms with Gasteiger partial charge in [0.1, 0.15) is 5.82 Å². The minimum atomic E-state index is -0.803. The molecule has 1 fully saturated rings. The molecule has 2 unspecified atom stereocenters. The molecule has 0 spiro atoms. The first-order chi connectivity index (χ1) is 15.7. The summed E-state index contributed by atoms with van der Waals surface area (Å²) in [6, 6.07) is 2.50. The predicted octanol–water partition coefficient (Wildman–Crippen LogP) is 2.53. The molecule has 0 bridgehead atoms. The number of amides is 1. The summed E-state index contributed by atoms with van der Waals surface area (Å²) < 4.78 is 16.5. The van der Waals surface area contributed by atoms with Crippen LogP contribution in [-0.2, 0) is 6.42 Å². The van der Waals surface area contributed by atoms with Crippen molar-refractivity contribution in [2.45, 2.75) is 52.1 Å². The molecule has 1 aliphatic rings. The van der Waals surface area contributed by atoms with Crippen molar-refractivity contribution in [1.29, 1.82) is 0 Å². The number of nitrogens with zero attached hydrogens (tertiary/aromatic N) is 5. The molecule has 0 aliphatic heterocycles. The Hall–Kier alpha value is -3.60. The van der Waals surface area contributed by atoms with Crippen LogP contribution in [0.15, 0.2) is 30.7 Å². The van der Waals surface area contributed by atoms with Crippen molar-refractivity contribution in [2.24, 2.45) is 16.9 Å². The molecule has 33 heavy (non-hydrogen) atoms. The van der Waals surface area contributed by atoms with Crippen LogP contribution in [0.4, 0.5) is 21.7 Å². The number of nitrogens with two attached hydrogens (primary N) is 2. The summed E-state index contributed by atoms with van der Waals surface area (Å²) in [7, 11) is 0. The Morgan fingerprint density at radius 2 is 2.09 bits per heavy atom. The molecule has 174 valence electrons. The summed E-state index contributed by atoms with van der Waals surface area (Å²) in [5.41, 5.74) is 13.6. The number of hydrogen-bond acceptors (Lipinski definition) is 8. The highest BCUT2D eigenvalue weighted by molar-refractivity contribution is 5.98. The van der Waals surface area contributed by atoms with Crippen LogP contribution in [0.3, 0.4) is 0 Å². The number of nitrogens with one attached hydrogen (secondary N) is 2. The predicted molar refractivity (Wildman–Crippen MR) is 123 cm³/mol. The molecule has 1 amide bonds. The summed E-state index contributed by atoms with van der Waals surface area (Å²) in [6.45, 7) is 5.97. The molecule has 1 saturated carbocycles. The van der Waals surface area contributed by atoms with E-state index in [4.69, 9.17) is 11.5 Å². The van der Waals surface area contributed by atoms with E-state index in [1.165, 1.54) is 0 Å². The van der Waals surface area contributed by atoms with Crippen molar-refractivity contribution in [3.63, 3.8) is 0 Å². The second-order valence-electron chi connectivity index (χ2n) is 8.73. The topological polar surface area (TPSA) is 150 Å². The lowest BCUT2D eigenvalue weighted by molar-refractivity contribution is 0.100. The average molecular weight is 454 g/mol. The third-order valence-electron chi connectivity index (χ3n) is 6.06. The van der Waals surface area contributed by atoms with Crippen molar-refractivity contribution in [1.82, 2.24) is 25.0 Å². The first-order valence-corrected chi connectivity index (χ1v) is 10.9. The number of anilines is 3. The molecule has 10 nitrogen and oxygen atoms in total. The zero-order valence-corrected chi connectivity index (χ0v) is 18.8. The third kappa shape index (κ3) is 4.63. The fourth-order valence-electron chi connectivity index (χ4n) is 3.96. The Kier molecular flexibility index (Phi) is 5.98. The Morgan fingerprint density at radius 3 is 2.67 bits per heavy atom. The molecule has 11 heteroatoms. The fraction of sp³-hybridized carbons (Fsp3) is 0.409. The van der Waals surface area contributed by atoms with Crippen LogP contribution >= 0.6 is 0 Å². The number of carbonyl (C=O) groups is 1. The second kappa shape index (κ2) is 8.74. The quantitative estimate of drug-likeness (QED) is 0.386. The average Bonchev–Trinajstić information content (AvgIpc) is 3.29. The van der Waals surface area contributed by atoms with Crippen molar-refractivity contribution in [3.8, 4) is 5.69 Å². The van der Waals surface area contributed by atoms with Crippen LogP contribution in [-0.4, -0.2) is 43.0 Å². The van der Waals surface area contributed by atoms with Gasteiger partial charge in [0.25, 0.3) is 5.91 Å². The first kappa shape index (κ1) is 22.6. The van der Waals surface area contributed by atoms with Crippen LogP contribution in [0.5, 0.6) is 0 Å². The molecule has 6 N–H and O–H groups in total. The van der Waals surface area contributed by atoms with E-state index >= 15 is 0 Å². The van der Waals surface area contributed by atoms with Crippen molar-refractivity contribution < 1.29 is 9.18 Å². The van der Waals surface area contributed by atoms with Crippen LogP contribution in [0.1, 0.15) is 49.7 Å². The number of rotatable bonds is 9. The summed E-state index contributed by atoms with van der Waals surface area (Å²) in [6.07, 6.45) is 7.57. The smallest absolute Gasteiger partial charge is 0.252 e. The largest absolute Gasteiger partial charge is 0.365 e. The van der Waals surface area contributed by atoms with Gasteiger partial charge in [0.2, 0.25) is 0 Å². The maximum atomic E-state index is 14.9. The molecule has 0 aromatic carbocycles. The SMILES string of the molecule is CCc1ncc(Nc2nc(NC(C(C)N)C3(C)CC3)c(F)cc2C(N)=O)cc1-n1ccnn1. The van der Waals surface area contributed by atoms with E-state index in [1.807, 2.05) is 13.8 Å². The van der Waals surface area contributed by atoms with Crippen molar-refractivity contribution >= 4 is 23.2 Å². The Labute approximate surface area is 191 Å². The number of aryl methyl sites for hydroxylation is 1. The Morgan fingerprint density at radius 1 is 1.33 bits per heavy atom. The van der Waals surface area contributed by atoms with E-state index in [-0.39, 0.29) is 34.7 Å². The van der Waals surface area contributed by atoms with E-state index < -0.39 is 11.7 Å². The number of aromatic nitrogens is 5. The molecule has 2 atom stereocenters. The van der Waals surface area contributed by atoms with Gasteiger partial charge in [-0.1, -0.05) is 19.1 Å². The lowest BCUT2D eigenvalue weighted by atomic mass is 9.93. The van der Waals surface area contributed by atoms with E-state index in [2.05, 4.69) is 37.8 Å². The minimum Gasteiger partial charge on any atom is -0.365 e. The first-order valence-electron chi connectivity index (χ1n) is 10.9. The maximum absolute atomic E-state index is 14.9. The van der Waals surface area contributed by atoms with Crippen LogP contribution in [0.25, 0.3) is 5.69 Å². The fourth-order valence-corrected chi connectivity index (χ4v) is 3.96. The van der Waals surface area contributed by atoms with Crippen molar-refractivity contribution in [2.75, 3.05) is 10.6 Å². The second-order valence-corrected chi connectivity index (χ2v) is 8.73. The third-order valence-corrected chi connectivity index (χ3v) is 6.06. The van der Waals surface area contributed by atoms with Gasteiger partial charge in [0.05, 0.1) is 41.2 Å². The van der Waals surface area contributed by atoms with Gasteiger partial charge in [-0.15, -0.1) is 5.10 Å². The molecular formula is C22H28FN9O. The highest BCUT2D eigenvalue weighted by atomic mass is 19.1. The Balaban J connectivity index is 1.70. The molecule has 0 saturated heterocycles. The summed E-state index contributed by atoms with van der Waals surface area (Å²) in [5, 5.41) is 14.1. The van der Waals surface area contributed by atoms with Gasteiger partial charge in [0, 0.05) is 12.1 Å². The van der Waals surface area contributed by atoms with Gasteiger partial charge in [-0.3, -0.25) is 9.78 Å². The summed E-state index contributed by atoms with van der Waals surface area (Å²) >= 11 is 0. The van der Waals surface area contributed by atoms with Crippen LogP contribution in [0.2, 0.25) is 0 Å². The van der Waals surface area contributed by atoms with Crippen molar-refractivity contribution in [3.05, 3.63) is 47.8 Å². The molecule has 0 radical (unpaired) electrons. The number of primary amides is 1. The highest BCUT2D eigenvalue weighted by Crippen LogP contribution is 2.49. The van der Waals surface area contributed by atoms with Gasteiger partial charge in [-0.25, -0.2) is 14.1 Å². The highest BCUT2D eigenvalue weighted by Gasteiger charge is 2.46. The number of halogens is 1. The molecular weight excluding hydrogens is 425 g/mol. The minimum absolute atomic E-state index is 0.00700. The molecule has 1 aliphatic carbocycles. The molecule has 3 aromatic rings. The number of carbonyl (C=O) groups excluding carboxylic acids is 1. The van der Waals surface area contributed by atoms with Gasteiger partial charge in [0.15, 0.2) is 11.6 Å². The van der Waals surface area contributed by atoms with Gasteiger partial charge in [-0.2, -0.15) is 0 Å². The van der Waals surface area contributed by atoms with Crippen LogP contribution < -0.4 is 22.1 Å². The normalized spacial score (nSPS) is 16.2. The van der Waals surface area contributed by atoms with E-state index in [0.717, 1.165) is 30.3 Å². The van der Waals surface area contributed by atoms with Gasteiger partial charge < -0.3 is 22.1 Å². The van der Waals surface area contributed by atoms with E-state index in [0.29, 0.717) is 12.1 Å². The van der Waals surface area contributed by atoms with E-state index in [1.54, 1.807) is 29.3 Å². The van der Waals surface area contributed by atoms with Crippen LogP contribution in [0, 0.1) is 11.2 Å². The van der Waals surface area contributed by atoms with Gasteiger partial charge in [-0.05, 0) is 43.7 Å². The lowest BCUT2D eigenvalue weighted by Crippen LogP contribution is -2.44. The maximum Gasteiger partial charge on any atom is 0.252 e. The zero-order chi connectivity index (χ0) is 23.8.